The lowest BCUT2D eigenvalue weighted by Crippen LogP contribution is -2.75. The molecular formula is C44H22BF24N3O3. The van der Waals surface area contributed by atoms with Crippen LogP contribution in [-0.2, 0) is 56.0 Å². The van der Waals surface area contributed by atoms with Gasteiger partial charge in [0.2, 0.25) is 12.3 Å². The number of nitro benzene ring substituents is 1. The molecule has 6 rings (SSSR count). The molecular weight excluding hydrogens is 1090 g/mol. The Labute approximate surface area is 401 Å². The number of carbonyl (C=O) groups excluding carboxylic acids is 1. The molecule has 0 saturated carbocycles. The Balaban J connectivity index is 0.000000483. The van der Waals surface area contributed by atoms with Gasteiger partial charge in [0.05, 0.1) is 61.8 Å². The van der Waals surface area contributed by atoms with Crippen molar-refractivity contribution in [3.05, 3.63) is 182 Å². The molecule has 0 unspecified atom stereocenters. The molecule has 75 heavy (non-hydrogen) atoms. The molecule has 0 spiro atoms. The molecule has 402 valence electrons. The van der Waals surface area contributed by atoms with Crippen molar-refractivity contribution in [2.45, 2.75) is 56.0 Å². The van der Waals surface area contributed by atoms with Gasteiger partial charge in [0, 0.05) is 17.7 Å². The van der Waals surface area contributed by atoms with E-state index in [-0.39, 0.29) is 18.0 Å². The molecule has 6 aromatic rings. The molecule has 1 aromatic heterocycles. The van der Waals surface area contributed by atoms with Crippen LogP contribution >= 0.6 is 0 Å². The van der Waals surface area contributed by atoms with E-state index < -0.39 is 200 Å². The van der Waals surface area contributed by atoms with Gasteiger partial charge in [-0.3, -0.25) is 19.9 Å². The maximum atomic E-state index is 14.2. The summed E-state index contributed by atoms with van der Waals surface area (Å²) in [7, 11) is 0. The second-order valence-corrected chi connectivity index (χ2v) is 15.9. The zero-order valence-corrected chi connectivity index (χ0v) is 36.0. The highest BCUT2D eigenvalue weighted by Gasteiger charge is 2.47. The van der Waals surface area contributed by atoms with Gasteiger partial charge in [-0.05, 0) is 24.3 Å². The predicted molar refractivity (Wildman–Crippen MR) is 212 cm³/mol. The molecule has 0 saturated heterocycles. The zero-order chi connectivity index (χ0) is 56.9. The SMILES string of the molecule is FC(F)(F)c1cc([B-](c2cc(C(F)(F)F)cc(C(F)(F)F)c2)(c2cc(C(F)(F)F)cc(C(F)(F)F)c2)c2cc(C(F)(F)F)cc(C(F)(F)F)c2)cc(C(F)(F)F)c1.O=C(C[n+]1ccncc1)c1cccc([N+](=O)[O-])c1. The standard InChI is InChI=1S/C32H12BF24.C12H10N3O3/c34-25(35,36)13-1-14(26(37,38)39)6-21(5-13)33(22-7-15(27(40,41)42)2-16(8-22)28(43,44)45,23-9-17(29(46,47)48)3-18(10-23)30(49,50)51)24-11-19(31(52,53)54)4-20(12-24)32(55,56)57;16-12(9-14-6-4-13-5-7-14)10-2-1-3-11(8-10)15(17)18/h1-12H;1-8H,9H2/q-1;+1. The third kappa shape index (κ3) is 13.7. The molecule has 31 heteroatoms. The molecule has 0 atom stereocenters. The van der Waals surface area contributed by atoms with Gasteiger partial charge in [-0.25, -0.2) is 0 Å². The Morgan fingerprint density at radius 1 is 0.427 bits per heavy atom. The van der Waals surface area contributed by atoms with Crippen molar-refractivity contribution in [3.8, 4) is 0 Å². The van der Waals surface area contributed by atoms with E-state index in [4.69, 9.17) is 0 Å². The number of ketones is 1. The van der Waals surface area contributed by atoms with Crippen molar-refractivity contribution < 1.29 is 120 Å². The van der Waals surface area contributed by atoms with E-state index in [2.05, 4.69) is 4.98 Å². The summed E-state index contributed by atoms with van der Waals surface area (Å²) in [5, 5.41) is 10.6. The van der Waals surface area contributed by atoms with Gasteiger partial charge in [-0.1, -0.05) is 60.7 Å². The molecule has 0 aliphatic heterocycles. The minimum absolute atomic E-state index is 0.0828. The average molecular weight is 1110 g/mol. The van der Waals surface area contributed by atoms with Crippen molar-refractivity contribution in [2.24, 2.45) is 0 Å². The van der Waals surface area contributed by atoms with Crippen LogP contribution in [0.25, 0.3) is 0 Å². The van der Waals surface area contributed by atoms with Crippen LogP contribution < -0.4 is 26.4 Å². The van der Waals surface area contributed by atoms with Crippen LogP contribution in [0.1, 0.15) is 54.9 Å². The third-order valence-corrected chi connectivity index (χ3v) is 10.8. The molecule has 0 bridgehead atoms. The highest BCUT2D eigenvalue weighted by Crippen LogP contribution is 2.41. The lowest BCUT2D eigenvalue weighted by Gasteiger charge is -2.46. The molecule has 0 fully saturated rings. The highest BCUT2D eigenvalue weighted by atomic mass is 19.4. The first-order valence-corrected chi connectivity index (χ1v) is 19.9. The highest BCUT2D eigenvalue weighted by molar-refractivity contribution is 7.20. The summed E-state index contributed by atoms with van der Waals surface area (Å²) in [4.78, 5) is 25.9. The van der Waals surface area contributed by atoms with E-state index in [1.807, 2.05) is 0 Å². The fourth-order valence-corrected chi connectivity index (χ4v) is 7.57. The van der Waals surface area contributed by atoms with Gasteiger partial charge in [0.25, 0.3) is 5.69 Å². The first kappa shape index (κ1) is 58.5. The lowest BCUT2D eigenvalue weighted by atomic mass is 9.12. The van der Waals surface area contributed by atoms with Gasteiger partial charge >= 0.3 is 49.4 Å². The van der Waals surface area contributed by atoms with Crippen LogP contribution in [0, 0.1) is 10.1 Å². The van der Waals surface area contributed by atoms with Crippen LogP contribution in [0.15, 0.2) is 122 Å². The summed E-state index contributed by atoms with van der Waals surface area (Å²) in [5.74, 6) is -0.185. The van der Waals surface area contributed by atoms with Crippen LogP contribution in [0.2, 0.25) is 0 Å². The maximum Gasteiger partial charge on any atom is 0.416 e. The quantitative estimate of drug-likeness (QED) is 0.0380. The fraction of sp³-hybridized carbons (Fsp3) is 0.205. The first-order valence-electron chi connectivity index (χ1n) is 19.9. The number of aromatic nitrogens is 2. The van der Waals surface area contributed by atoms with Gasteiger partial charge in [0.1, 0.15) is 6.15 Å². The summed E-state index contributed by atoms with van der Waals surface area (Å²) in [6, 6.07) is -3.10. The second-order valence-electron chi connectivity index (χ2n) is 15.9. The Hall–Kier alpha value is -7.37. The predicted octanol–water partition coefficient (Wildman–Crippen LogP) is 12.4. The number of carbonyl (C=O) groups is 1. The van der Waals surface area contributed by atoms with Gasteiger partial charge in [-0.15, -0.1) is 0 Å². The summed E-state index contributed by atoms with van der Waals surface area (Å²) >= 11 is 0. The van der Waals surface area contributed by atoms with E-state index in [0.29, 0.717) is 5.56 Å². The number of rotatable bonds is 8. The van der Waals surface area contributed by atoms with Crippen LogP contribution in [0.3, 0.4) is 0 Å². The number of nitro groups is 1. The van der Waals surface area contributed by atoms with Crippen molar-refractivity contribution in [1.29, 1.82) is 0 Å². The molecule has 6 nitrogen and oxygen atoms in total. The van der Waals surface area contributed by atoms with Crippen molar-refractivity contribution in [1.82, 2.24) is 4.98 Å². The van der Waals surface area contributed by atoms with E-state index >= 15 is 0 Å². The number of nitrogens with zero attached hydrogens (tertiary/aromatic N) is 3. The Morgan fingerprint density at radius 2 is 0.680 bits per heavy atom. The fourth-order valence-electron chi connectivity index (χ4n) is 7.57. The average Bonchev–Trinajstić information content (AvgIpc) is 3.27. The third-order valence-electron chi connectivity index (χ3n) is 10.8. The summed E-state index contributed by atoms with van der Waals surface area (Å²) in [6.07, 6.45) is -48.3. The zero-order valence-electron chi connectivity index (χ0n) is 36.0. The molecule has 5 aromatic carbocycles. The minimum atomic E-state index is -6.13. The summed E-state index contributed by atoms with van der Waals surface area (Å²) in [5.41, 5.74) is -30.0. The molecule has 0 N–H and O–H groups in total. The molecule has 0 aliphatic rings. The van der Waals surface area contributed by atoms with Gasteiger partial charge in [0.15, 0.2) is 12.4 Å². The largest absolute Gasteiger partial charge is 0.416 e. The second kappa shape index (κ2) is 20.1. The van der Waals surface area contributed by atoms with E-state index in [9.17, 15) is 120 Å². The first-order chi connectivity index (χ1) is 33.9. The van der Waals surface area contributed by atoms with Crippen LogP contribution in [0.5, 0.6) is 0 Å². The number of Topliss-reactive ketones (excluding diaryl/α,β-unsaturated/α-hetero) is 1. The Bertz CT molecular complexity index is 2640. The van der Waals surface area contributed by atoms with Gasteiger partial charge in [-0.2, -0.15) is 132 Å². The smallest absolute Gasteiger partial charge is 0.287 e. The summed E-state index contributed by atoms with van der Waals surface area (Å²) < 4.78 is 342. The number of hydrogen-bond acceptors (Lipinski definition) is 4. The number of halogens is 24. The number of alkyl halides is 24. The normalized spacial score (nSPS) is 13.3. The molecule has 0 radical (unpaired) electrons. The van der Waals surface area contributed by atoms with Crippen LogP contribution in [0.4, 0.5) is 111 Å². The van der Waals surface area contributed by atoms with Crippen LogP contribution in [-0.4, -0.2) is 21.8 Å². The number of non-ortho nitro benzene ring substituents is 1. The lowest BCUT2D eigenvalue weighted by molar-refractivity contribution is -0.683. The minimum Gasteiger partial charge on any atom is -0.287 e. The van der Waals surface area contributed by atoms with Gasteiger partial charge < -0.3 is 0 Å². The Kier molecular flexibility index (Phi) is 15.7. The topological polar surface area (TPSA) is 77.0 Å². The van der Waals surface area contributed by atoms with Crippen molar-refractivity contribution in [3.63, 3.8) is 0 Å². The number of benzene rings is 5. The van der Waals surface area contributed by atoms with Crippen molar-refractivity contribution >= 4 is 39.5 Å². The molecule has 0 amide bonds. The number of hydrogen-bond donors (Lipinski definition) is 0. The van der Waals surface area contributed by atoms with Crippen molar-refractivity contribution in [2.75, 3.05) is 0 Å². The van der Waals surface area contributed by atoms with E-state index in [1.165, 1.54) is 18.2 Å². The van der Waals surface area contributed by atoms with E-state index in [0.717, 1.165) is 0 Å². The summed E-state index contributed by atoms with van der Waals surface area (Å²) in [6.45, 7) is 0.129. The monoisotopic (exact) mass is 1110 g/mol. The molecule has 0 aliphatic carbocycles. The maximum absolute atomic E-state index is 14.2. The molecule has 1 heterocycles. The Morgan fingerprint density at radius 3 is 0.907 bits per heavy atom. The van der Waals surface area contributed by atoms with E-state index in [1.54, 1.807) is 35.4 Å².